The van der Waals surface area contributed by atoms with Crippen molar-refractivity contribution in [2.45, 2.75) is 12.7 Å². The first-order valence-corrected chi connectivity index (χ1v) is 6.00. The molecule has 2 rings (SSSR count). The van der Waals surface area contributed by atoms with Gasteiger partial charge in [0, 0.05) is 5.02 Å². The summed E-state index contributed by atoms with van der Waals surface area (Å²) in [7, 11) is 0. The number of nitrogens with two attached hydrogens (primary N) is 1. The van der Waals surface area contributed by atoms with Crippen LogP contribution in [0, 0.1) is 0 Å². The minimum Gasteiger partial charge on any atom is -0.435 e. The molecule has 100 valence electrons. The van der Waals surface area contributed by atoms with Crippen LogP contribution in [0.2, 0.25) is 5.02 Å². The van der Waals surface area contributed by atoms with Gasteiger partial charge in [0.25, 0.3) is 0 Å². The molecule has 2 aromatic carbocycles. The quantitative estimate of drug-likeness (QED) is 0.921. The van der Waals surface area contributed by atoms with E-state index in [0.29, 0.717) is 5.02 Å². The molecule has 0 aliphatic carbocycles. The van der Waals surface area contributed by atoms with Crippen molar-refractivity contribution < 1.29 is 13.5 Å². The number of ether oxygens (including phenoxy) is 1. The largest absolute Gasteiger partial charge is 0.435 e. The molecule has 0 amide bonds. The van der Waals surface area contributed by atoms with Crippen molar-refractivity contribution in [2.24, 2.45) is 5.73 Å². The zero-order chi connectivity index (χ0) is 13.8. The van der Waals surface area contributed by atoms with Crippen molar-refractivity contribution in [3.05, 3.63) is 64.7 Å². The van der Waals surface area contributed by atoms with Crippen LogP contribution in [0.5, 0.6) is 5.75 Å². The standard InChI is InChI=1S/C14H12ClF2NO/c15-12-4-2-1-3-11(12)13(18)9-5-7-10(8-6-9)19-14(16)17/h1-8,13-14H,18H2. The first kappa shape index (κ1) is 13.8. The fraction of sp³-hybridized carbons (Fsp3) is 0.143. The van der Waals surface area contributed by atoms with E-state index in [0.717, 1.165) is 11.1 Å². The molecule has 0 aliphatic heterocycles. The number of hydrogen-bond acceptors (Lipinski definition) is 2. The highest BCUT2D eigenvalue weighted by atomic mass is 35.5. The maximum absolute atomic E-state index is 12.0. The van der Waals surface area contributed by atoms with Crippen LogP contribution in [0.25, 0.3) is 0 Å². The molecule has 0 heterocycles. The zero-order valence-electron chi connectivity index (χ0n) is 9.89. The Labute approximate surface area is 114 Å². The topological polar surface area (TPSA) is 35.2 Å². The van der Waals surface area contributed by atoms with Crippen molar-refractivity contribution in [2.75, 3.05) is 0 Å². The van der Waals surface area contributed by atoms with E-state index in [9.17, 15) is 8.78 Å². The van der Waals surface area contributed by atoms with E-state index in [-0.39, 0.29) is 5.75 Å². The van der Waals surface area contributed by atoms with E-state index in [2.05, 4.69) is 4.74 Å². The molecule has 2 nitrogen and oxygen atoms in total. The van der Waals surface area contributed by atoms with Gasteiger partial charge >= 0.3 is 6.61 Å². The number of hydrogen-bond donors (Lipinski definition) is 1. The van der Waals surface area contributed by atoms with E-state index in [1.54, 1.807) is 18.2 Å². The second kappa shape index (κ2) is 5.99. The van der Waals surface area contributed by atoms with Gasteiger partial charge in [-0.1, -0.05) is 41.9 Å². The number of halogens is 3. The molecular formula is C14H12ClF2NO. The Morgan fingerprint density at radius 1 is 1.00 bits per heavy atom. The Hall–Kier alpha value is -1.65. The third-order valence-corrected chi connectivity index (χ3v) is 3.05. The summed E-state index contributed by atoms with van der Waals surface area (Å²) < 4.78 is 28.3. The Kier molecular flexibility index (Phi) is 4.35. The highest BCUT2D eigenvalue weighted by Crippen LogP contribution is 2.27. The molecular weight excluding hydrogens is 272 g/mol. The third kappa shape index (κ3) is 3.43. The summed E-state index contributed by atoms with van der Waals surface area (Å²) in [5, 5.41) is 0.572. The van der Waals surface area contributed by atoms with Crippen LogP contribution in [0.1, 0.15) is 17.2 Å². The average molecular weight is 284 g/mol. The van der Waals surface area contributed by atoms with Crippen molar-refractivity contribution >= 4 is 11.6 Å². The van der Waals surface area contributed by atoms with Gasteiger partial charge in [0.15, 0.2) is 0 Å². The predicted molar refractivity (Wildman–Crippen MR) is 70.6 cm³/mol. The summed E-state index contributed by atoms with van der Waals surface area (Å²) in [6.07, 6.45) is 0. The lowest BCUT2D eigenvalue weighted by Gasteiger charge is -2.14. The van der Waals surface area contributed by atoms with Crippen molar-refractivity contribution in [3.8, 4) is 5.75 Å². The molecule has 1 unspecified atom stereocenters. The SMILES string of the molecule is NC(c1ccc(OC(F)F)cc1)c1ccccc1Cl. The second-order valence-corrected chi connectivity index (χ2v) is 4.35. The van der Waals surface area contributed by atoms with Crippen LogP contribution < -0.4 is 10.5 Å². The lowest BCUT2D eigenvalue weighted by atomic mass is 9.99. The normalized spacial score (nSPS) is 12.5. The number of rotatable bonds is 4. The molecule has 0 radical (unpaired) electrons. The van der Waals surface area contributed by atoms with Crippen LogP contribution in [0.4, 0.5) is 8.78 Å². The average Bonchev–Trinajstić information content (AvgIpc) is 2.39. The number of benzene rings is 2. The molecule has 0 bridgehead atoms. The Morgan fingerprint density at radius 2 is 1.63 bits per heavy atom. The van der Waals surface area contributed by atoms with Gasteiger partial charge < -0.3 is 10.5 Å². The fourth-order valence-corrected chi connectivity index (χ4v) is 2.02. The van der Waals surface area contributed by atoms with Gasteiger partial charge in [0.05, 0.1) is 6.04 Å². The predicted octanol–water partition coefficient (Wildman–Crippen LogP) is 3.99. The van der Waals surface area contributed by atoms with Gasteiger partial charge in [-0.15, -0.1) is 0 Å². The molecule has 5 heteroatoms. The Morgan fingerprint density at radius 3 is 2.21 bits per heavy atom. The lowest BCUT2D eigenvalue weighted by molar-refractivity contribution is -0.0498. The van der Waals surface area contributed by atoms with Gasteiger partial charge in [0.1, 0.15) is 5.75 Å². The highest BCUT2D eigenvalue weighted by molar-refractivity contribution is 6.31. The maximum Gasteiger partial charge on any atom is 0.387 e. The van der Waals surface area contributed by atoms with E-state index in [1.165, 1.54) is 12.1 Å². The van der Waals surface area contributed by atoms with Crippen molar-refractivity contribution in [1.82, 2.24) is 0 Å². The molecule has 2 aromatic rings. The Balaban J connectivity index is 2.20. The first-order chi connectivity index (χ1) is 9.08. The minimum atomic E-state index is -2.83. The molecule has 0 aromatic heterocycles. The highest BCUT2D eigenvalue weighted by Gasteiger charge is 2.12. The van der Waals surface area contributed by atoms with Gasteiger partial charge in [0.2, 0.25) is 0 Å². The van der Waals surface area contributed by atoms with E-state index in [4.69, 9.17) is 17.3 Å². The monoisotopic (exact) mass is 283 g/mol. The smallest absolute Gasteiger partial charge is 0.387 e. The first-order valence-electron chi connectivity index (χ1n) is 5.62. The fourth-order valence-electron chi connectivity index (χ4n) is 1.76. The van der Waals surface area contributed by atoms with Gasteiger partial charge in [-0.25, -0.2) is 0 Å². The van der Waals surface area contributed by atoms with Crippen LogP contribution in [-0.4, -0.2) is 6.61 Å². The van der Waals surface area contributed by atoms with Crippen LogP contribution in [-0.2, 0) is 0 Å². The molecule has 2 N–H and O–H groups in total. The molecule has 1 atom stereocenters. The summed E-state index contributed by atoms with van der Waals surface area (Å²) >= 11 is 6.07. The molecule has 0 aliphatic rings. The summed E-state index contributed by atoms with van der Waals surface area (Å²) in [5.41, 5.74) is 7.65. The van der Waals surface area contributed by atoms with Gasteiger partial charge in [-0.05, 0) is 29.3 Å². The summed E-state index contributed by atoms with van der Waals surface area (Å²) in [5.74, 6) is 0.102. The molecule has 0 spiro atoms. The third-order valence-electron chi connectivity index (χ3n) is 2.70. The van der Waals surface area contributed by atoms with Crippen LogP contribution in [0.3, 0.4) is 0 Å². The van der Waals surface area contributed by atoms with Crippen molar-refractivity contribution in [1.29, 1.82) is 0 Å². The number of alkyl halides is 2. The molecule has 19 heavy (non-hydrogen) atoms. The minimum absolute atomic E-state index is 0.102. The summed E-state index contributed by atoms with van der Waals surface area (Å²) in [4.78, 5) is 0. The molecule has 0 fully saturated rings. The lowest BCUT2D eigenvalue weighted by Crippen LogP contribution is -2.12. The second-order valence-electron chi connectivity index (χ2n) is 3.95. The van der Waals surface area contributed by atoms with Crippen molar-refractivity contribution in [3.63, 3.8) is 0 Å². The summed E-state index contributed by atoms with van der Waals surface area (Å²) in [6.45, 7) is -2.83. The maximum atomic E-state index is 12.0. The van der Waals surface area contributed by atoms with Crippen LogP contribution in [0.15, 0.2) is 48.5 Å². The van der Waals surface area contributed by atoms with Gasteiger partial charge in [-0.3, -0.25) is 0 Å². The van der Waals surface area contributed by atoms with Crippen LogP contribution >= 0.6 is 11.6 Å². The molecule has 0 saturated heterocycles. The van der Waals surface area contributed by atoms with E-state index >= 15 is 0 Å². The van der Waals surface area contributed by atoms with E-state index < -0.39 is 12.7 Å². The molecule has 0 saturated carbocycles. The zero-order valence-corrected chi connectivity index (χ0v) is 10.6. The van der Waals surface area contributed by atoms with E-state index in [1.807, 2.05) is 18.2 Å². The summed E-state index contributed by atoms with van der Waals surface area (Å²) in [6, 6.07) is 13.0. The van der Waals surface area contributed by atoms with Gasteiger partial charge in [-0.2, -0.15) is 8.78 Å². The Bertz CT molecular complexity index is 545.